The molecule has 1 aliphatic heterocycles. The highest BCUT2D eigenvalue weighted by Gasteiger charge is 2.49. The van der Waals surface area contributed by atoms with Crippen LogP contribution in [0.5, 0.6) is 5.75 Å². The number of carbonyl (C=O) groups is 2. The second-order valence-electron chi connectivity index (χ2n) is 7.41. The average molecular weight is 397 g/mol. The Labute approximate surface area is 173 Å². The maximum atomic E-state index is 12.9. The zero-order valence-corrected chi connectivity index (χ0v) is 16.6. The van der Waals surface area contributed by atoms with Gasteiger partial charge < -0.3 is 14.0 Å². The van der Waals surface area contributed by atoms with Crippen molar-refractivity contribution in [3.05, 3.63) is 101 Å². The van der Waals surface area contributed by atoms with Gasteiger partial charge in [-0.1, -0.05) is 48.5 Å². The fourth-order valence-corrected chi connectivity index (χ4v) is 4.33. The lowest BCUT2D eigenvalue weighted by atomic mass is 9.80. The van der Waals surface area contributed by atoms with Crippen LogP contribution >= 0.6 is 0 Å². The quantitative estimate of drug-likeness (QED) is 0.375. The van der Waals surface area contributed by atoms with Gasteiger partial charge in [0.15, 0.2) is 5.60 Å². The first-order chi connectivity index (χ1) is 14.5. The van der Waals surface area contributed by atoms with Crippen molar-refractivity contribution in [3.8, 4) is 5.75 Å². The molecule has 1 aromatic heterocycles. The van der Waals surface area contributed by atoms with Crippen molar-refractivity contribution >= 4 is 22.8 Å². The van der Waals surface area contributed by atoms with Gasteiger partial charge in [-0.15, -0.1) is 0 Å². The smallest absolute Gasteiger partial charge is 0.340 e. The fourth-order valence-electron chi connectivity index (χ4n) is 4.33. The highest BCUT2D eigenvalue weighted by molar-refractivity contribution is 5.98. The Kier molecular flexibility index (Phi) is 4.00. The van der Waals surface area contributed by atoms with Crippen LogP contribution in [-0.2, 0) is 22.2 Å². The fraction of sp³-hybridized carbons (Fsp3) is 0.120. The number of cyclic esters (lactones) is 1. The summed E-state index contributed by atoms with van der Waals surface area (Å²) in [6.45, 7) is 1.36. The topological polar surface area (TPSA) is 57.5 Å². The van der Waals surface area contributed by atoms with Gasteiger partial charge in [-0.05, 0) is 24.3 Å². The first-order valence-electron chi connectivity index (χ1n) is 9.67. The van der Waals surface area contributed by atoms with Gasteiger partial charge in [-0.25, -0.2) is 4.79 Å². The summed E-state index contributed by atoms with van der Waals surface area (Å²) in [6, 6.07) is 22.6. The molecule has 3 aromatic carbocycles. The maximum absolute atomic E-state index is 12.9. The summed E-state index contributed by atoms with van der Waals surface area (Å²) in [5.41, 5.74) is 2.97. The van der Waals surface area contributed by atoms with Gasteiger partial charge in [0.1, 0.15) is 5.75 Å². The molecule has 0 saturated carbocycles. The molecule has 148 valence electrons. The Morgan fingerprint density at radius 3 is 2.40 bits per heavy atom. The van der Waals surface area contributed by atoms with Crippen LogP contribution in [0, 0.1) is 0 Å². The molecule has 0 N–H and O–H groups in total. The second kappa shape index (κ2) is 6.59. The number of nitrogens with zero attached hydrogens (tertiary/aromatic N) is 1. The summed E-state index contributed by atoms with van der Waals surface area (Å²) < 4.78 is 13.4. The molecule has 5 rings (SSSR count). The predicted octanol–water partition coefficient (Wildman–Crippen LogP) is 4.57. The molecule has 4 aromatic rings. The molecule has 0 bridgehead atoms. The number of rotatable bonds is 3. The molecule has 0 saturated heterocycles. The van der Waals surface area contributed by atoms with Crippen molar-refractivity contribution in [2.45, 2.75) is 12.5 Å². The Morgan fingerprint density at radius 1 is 0.933 bits per heavy atom. The number of carbonyl (C=O) groups excluding carboxylic acids is 2. The highest BCUT2D eigenvalue weighted by atomic mass is 16.6. The zero-order valence-electron chi connectivity index (χ0n) is 16.6. The molecule has 1 atom stereocenters. The Bertz CT molecular complexity index is 1300. The summed E-state index contributed by atoms with van der Waals surface area (Å²) in [5.74, 6) is -0.302. The van der Waals surface area contributed by atoms with Gasteiger partial charge in [0.25, 0.3) is 0 Å². The van der Waals surface area contributed by atoms with Crippen molar-refractivity contribution in [3.63, 3.8) is 0 Å². The van der Waals surface area contributed by atoms with E-state index in [0.29, 0.717) is 11.3 Å². The van der Waals surface area contributed by atoms with Crippen molar-refractivity contribution in [2.75, 3.05) is 0 Å². The average Bonchev–Trinajstić information content (AvgIpc) is 3.24. The van der Waals surface area contributed by atoms with E-state index in [4.69, 9.17) is 9.47 Å². The number of para-hydroxylation sites is 1. The monoisotopic (exact) mass is 397 g/mol. The molecule has 0 aliphatic carbocycles. The third-order valence-corrected chi connectivity index (χ3v) is 5.57. The van der Waals surface area contributed by atoms with Crippen molar-refractivity contribution < 1.29 is 19.1 Å². The molecule has 0 spiro atoms. The number of aromatic nitrogens is 1. The lowest BCUT2D eigenvalue weighted by Crippen LogP contribution is -2.29. The zero-order chi connectivity index (χ0) is 20.9. The van der Waals surface area contributed by atoms with E-state index < -0.39 is 5.60 Å². The SMILES string of the molecule is CC(=O)Oc1ccc(C2(c3cn(C)c4ccccc34)OC(=O)c3ccccc32)cc1. The number of fused-ring (bicyclic) bond motifs is 2. The van der Waals surface area contributed by atoms with Gasteiger partial charge in [0, 0.05) is 47.8 Å². The van der Waals surface area contributed by atoms with Gasteiger partial charge in [-0.3, -0.25) is 4.79 Å². The maximum Gasteiger partial charge on any atom is 0.340 e. The van der Waals surface area contributed by atoms with E-state index in [1.165, 1.54) is 6.92 Å². The minimum absolute atomic E-state index is 0.359. The standard InChI is InChI=1S/C25H19NO4/c1-16(27)29-18-13-11-17(12-14-18)25(21-9-5-3-8-20(21)24(28)30-25)22-15-26(2)23-10-6-4-7-19(22)23/h3-15H,1-2H3. The van der Waals surface area contributed by atoms with Gasteiger partial charge in [0.2, 0.25) is 0 Å². The lowest BCUT2D eigenvalue weighted by Gasteiger charge is -2.29. The molecule has 0 fully saturated rings. The third-order valence-electron chi connectivity index (χ3n) is 5.57. The van der Waals surface area contributed by atoms with Crippen molar-refractivity contribution in [1.82, 2.24) is 4.57 Å². The third kappa shape index (κ3) is 2.55. The summed E-state index contributed by atoms with van der Waals surface area (Å²) in [4.78, 5) is 24.2. The van der Waals surface area contributed by atoms with Crippen LogP contribution in [0.4, 0.5) is 0 Å². The number of esters is 2. The normalized spacial score (nSPS) is 17.6. The molecule has 5 heteroatoms. The number of ether oxygens (including phenoxy) is 2. The Morgan fingerprint density at radius 2 is 1.63 bits per heavy atom. The van der Waals surface area contributed by atoms with Crippen LogP contribution in [0.2, 0.25) is 0 Å². The van der Waals surface area contributed by atoms with Crippen LogP contribution in [-0.4, -0.2) is 16.5 Å². The van der Waals surface area contributed by atoms with Gasteiger partial charge in [-0.2, -0.15) is 0 Å². The Hall–Kier alpha value is -3.86. The molecule has 0 amide bonds. The lowest BCUT2D eigenvalue weighted by molar-refractivity contribution is -0.131. The van der Waals surface area contributed by atoms with E-state index in [0.717, 1.165) is 27.6 Å². The number of benzene rings is 3. The van der Waals surface area contributed by atoms with E-state index in [1.54, 1.807) is 18.2 Å². The molecule has 1 unspecified atom stereocenters. The first-order valence-corrected chi connectivity index (χ1v) is 9.67. The van der Waals surface area contributed by atoms with E-state index in [-0.39, 0.29) is 11.9 Å². The molecular weight excluding hydrogens is 378 g/mol. The molecule has 0 radical (unpaired) electrons. The van der Waals surface area contributed by atoms with E-state index in [1.807, 2.05) is 72.4 Å². The summed E-state index contributed by atoms with van der Waals surface area (Å²) in [6.07, 6.45) is 2.01. The van der Waals surface area contributed by atoms with E-state index in [2.05, 4.69) is 0 Å². The molecule has 30 heavy (non-hydrogen) atoms. The van der Waals surface area contributed by atoms with Crippen molar-refractivity contribution in [1.29, 1.82) is 0 Å². The molecular formula is C25H19NO4. The van der Waals surface area contributed by atoms with Crippen molar-refractivity contribution in [2.24, 2.45) is 7.05 Å². The minimum Gasteiger partial charge on any atom is -0.440 e. The minimum atomic E-state index is -1.09. The molecule has 5 nitrogen and oxygen atoms in total. The highest BCUT2D eigenvalue weighted by Crippen LogP contribution is 2.49. The number of hydrogen-bond donors (Lipinski definition) is 0. The van der Waals surface area contributed by atoms with Crippen LogP contribution < -0.4 is 4.74 Å². The van der Waals surface area contributed by atoms with Crippen LogP contribution in [0.15, 0.2) is 79.0 Å². The summed E-state index contributed by atoms with van der Waals surface area (Å²) in [5, 5.41) is 1.01. The van der Waals surface area contributed by atoms with Crippen LogP contribution in [0.1, 0.15) is 34.0 Å². The van der Waals surface area contributed by atoms with Crippen LogP contribution in [0.25, 0.3) is 10.9 Å². The Balaban J connectivity index is 1.80. The van der Waals surface area contributed by atoms with Crippen LogP contribution in [0.3, 0.4) is 0 Å². The van der Waals surface area contributed by atoms with Gasteiger partial charge >= 0.3 is 11.9 Å². The van der Waals surface area contributed by atoms with Gasteiger partial charge in [0.05, 0.1) is 5.56 Å². The number of aryl methyl sites for hydroxylation is 1. The molecule has 2 heterocycles. The van der Waals surface area contributed by atoms with E-state index in [9.17, 15) is 9.59 Å². The largest absolute Gasteiger partial charge is 0.440 e. The second-order valence-corrected chi connectivity index (χ2v) is 7.41. The number of hydrogen-bond acceptors (Lipinski definition) is 4. The predicted molar refractivity (Wildman–Crippen MR) is 112 cm³/mol. The summed E-state index contributed by atoms with van der Waals surface area (Å²) in [7, 11) is 1.98. The molecule has 1 aliphatic rings. The summed E-state index contributed by atoms with van der Waals surface area (Å²) >= 11 is 0. The van der Waals surface area contributed by atoms with E-state index >= 15 is 0 Å². The first kappa shape index (κ1) is 18.2.